The molecular formula is C12H27NO2Si. The summed E-state index contributed by atoms with van der Waals surface area (Å²) < 4.78 is 4.81. The second-order valence-corrected chi connectivity index (χ2v) is 9.93. The van der Waals surface area contributed by atoms with Crippen molar-refractivity contribution in [3.8, 4) is 0 Å². The van der Waals surface area contributed by atoms with Gasteiger partial charge in [-0.05, 0) is 13.3 Å². The fraction of sp³-hybridized carbons (Fsp3) is 0.917. The van der Waals surface area contributed by atoms with Crippen molar-refractivity contribution in [3.63, 3.8) is 0 Å². The highest BCUT2D eigenvalue weighted by Gasteiger charge is 2.25. The largest absolute Gasteiger partial charge is 0.450 e. The van der Waals surface area contributed by atoms with Crippen molar-refractivity contribution >= 4 is 14.2 Å². The first-order chi connectivity index (χ1) is 7.64. The van der Waals surface area contributed by atoms with Crippen LogP contribution in [0.5, 0.6) is 0 Å². The molecule has 0 spiro atoms. The van der Waals surface area contributed by atoms with Gasteiger partial charge in [0.1, 0.15) is 0 Å². The summed E-state index contributed by atoms with van der Waals surface area (Å²) in [6, 6.07) is 5.40. The van der Waals surface area contributed by atoms with E-state index in [9.17, 15) is 4.79 Å². The maximum Gasteiger partial charge on any atom is 0.407 e. The maximum absolute atomic E-state index is 11.1. The zero-order valence-electron chi connectivity index (χ0n) is 11.3. The van der Waals surface area contributed by atoms with Crippen LogP contribution in [0.2, 0.25) is 24.2 Å². The molecule has 0 bridgehead atoms. The summed E-state index contributed by atoms with van der Waals surface area (Å²) in [5.41, 5.74) is 0. The van der Waals surface area contributed by atoms with Gasteiger partial charge in [-0.15, -0.1) is 0 Å². The van der Waals surface area contributed by atoms with Crippen molar-refractivity contribution in [1.29, 1.82) is 0 Å². The number of carbonyl (C=O) groups excluding carboxylic acids is 1. The molecule has 0 atom stereocenters. The number of alkyl carbamates (subject to hydrolysis) is 1. The van der Waals surface area contributed by atoms with Crippen LogP contribution in [0, 0.1) is 0 Å². The topological polar surface area (TPSA) is 38.3 Å². The van der Waals surface area contributed by atoms with Gasteiger partial charge in [0.2, 0.25) is 0 Å². The lowest BCUT2D eigenvalue weighted by atomic mass is 10.5. The van der Waals surface area contributed by atoms with Crippen LogP contribution in [0.15, 0.2) is 0 Å². The molecule has 96 valence electrons. The third-order valence-electron chi connectivity index (χ3n) is 3.68. The van der Waals surface area contributed by atoms with E-state index < -0.39 is 8.07 Å². The summed E-state index contributed by atoms with van der Waals surface area (Å²) in [5, 5.41) is 2.79. The highest BCUT2D eigenvalue weighted by Crippen LogP contribution is 2.26. The second kappa shape index (κ2) is 8.62. The van der Waals surface area contributed by atoms with Crippen LogP contribution >= 0.6 is 0 Å². The summed E-state index contributed by atoms with van der Waals surface area (Å²) in [6.45, 7) is 9.98. The highest BCUT2D eigenvalue weighted by atomic mass is 28.3. The maximum atomic E-state index is 11.1. The lowest BCUT2D eigenvalue weighted by Crippen LogP contribution is -2.33. The zero-order valence-corrected chi connectivity index (χ0v) is 12.3. The van der Waals surface area contributed by atoms with E-state index in [1.807, 2.05) is 6.92 Å². The normalized spacial score (nSPS) is 11.2. The molecule has 1 amide bonds. The van der Waals surface area contributed by atoms with Crippen LogP contribution in [-0.2, 0) is 4.74 Å². The lowest BCUT2D eigenvalue weighted by molar-refractivity contribution is 0.152. The van der Waals surface area contributed by atoms with E-state index in [0.29, 0.717) is 6.61 Å². The van der Waals surface area contributed by atoms with Crippen LogP contribution in [0.1, 0.15) is 34.1 Å². The van der Waals surface area contributed by atoms with Crippen LogP contribution in [0.4, 0.5) is 4.79 Å². The monoisotopic (exact) mass is 245 g/mol. The Balaban J connectivity index is 3.74. The quantitative estimate of drug-likeness (QED) is 0.524. The van der Waals surface area contributed by atoms with Gasteiger partial charge in [-0.3, -0.25) is 0 Å². The van der Waals surface area contributed by atoms with Gasteiger partial charge in [-0.1, -0.05) is 44.9 Å². The van der Waals surface area contributed by atoms with Crippen molar-refractivity contribution in [1.82, 2.24) is 5.32 Å². The molecule has 0 fully saturated rings. The second-order valence-electron chi connectivity index (χ2n) is 4.31. The van der Waals surface area contributed by atoms with Gasteiger partial charge < -0.3 is 10.1 Å². The Kier molecular flexibility index (Phi) is 8.34. The van der Waals surface area contributed by atoms with E-state index in [1.165, 1.54) is 24.2 Å². The molecule has 0 saturated heterocycles. The third kappa shape index (κ3) is 5.54. The van der Waals surface area contributed by atoms with Gasteiger partial charge in [0.15, 0.2) is 0 Å². The third-order valence-corrected chi connectivity index (χ3v) is 9.59. The summed E-state index contributed by atoms with van der Waals surface area (Å²) in [4.78, 5) is 11.1. The van der Waals surface area contributed by atoms with Crippen LogP contribution in [-0.4, -0.2) is 27.3 Å². The Bertz CT molecular complexity index is 185. The van der Waals surface area contributed by atoms with Crippen LogP contribution < -0.4 is 5.32 Å². The number of hydrogen-bond acceptors (Lipinski definition) is 2. The summed E-state index contributed by atoms with van der Waals surface area (Å²) in [6.07, 6.45) is 0.819. The number of amides is 1. The predicted octanol–water partition coefficient (Wildman–Crippen LogP) is 3.63. The average Bonchev–Trinajstić information content (AvgIpc) is 2.31. The molecule has 0 aliphatic rings. The zero-order chi connectivity index (χ0) is 12.4. The van der Waals surface area contributed by atoms with Crippen LogP contribution in [0.3, 0.4) is 0 Å². The summed E-state index contributed by atoms with van der Waals surface area (Å²) in [5.74, 6) is 0. The fourth-order valence-electron chi connectivity index (χ4n) is 2.12. The van der Waals surface area contributed by atoms with Crippen molar-refractivity contribution in [2.24, 2.45) is 0 Å². The van der Waals surface area contributed by atoms with E-state index in [0.717, 1.165) is 13.0 Å². The van der Waals surface area contributed by atoms with Crippen LogP contribution in [0.25, 0.3) is 0 Å². The molecular weight excluding hydrogens is 218 g/mol. The molecule has 1 N–H and O–H groups in total. The highest BCUT2D eigenvalue weighted by molar-refractivity contribution is 6.79. The number of rotatable bonds is 8. The smallest absolute Gasteiger partial charge is 0.407 e. The first-order valence-corrected chi connectivity index (χ1v) is 9.37. The van der Waals surface area contributed by atoms with Gasteiger partial charge in [-0.2, -0.15) is 0 Å². The molecule has 0 rings (SSSR count). The Hall–Kier alpha value is -0.513. The molecule has 0 aromatic rings. The molecule has 4 heteroatoms. The molecule has 0 aromatic heterocycles. The van der Waals surface area contributed by atoms with Gasteiger partial charge in [-0.25, -0.2) is 4.79 Å². The molecule has 0 heterocycles. The summed E-state index contributed by atoms with van der Waals surface area (Å²) >= 11 is 0. The van der Waals surface area contributed by atoms with E-state index >= 15 is 0 Å². The van der Waals surface area contributed by atoms with E-state index in [4.69, 9.17) is 4.74 Å². The minimum Gasteiger partial charge on any atom is -0.450 e. The van der Waals surface area contributed by atoms with Crippen molar-refractivity contribution < 1.29 is 9.53 Å². The molecule has 0 unspecified atom stereocenters. The number of nitrogens with one attached hydrogen (secondary N) is 1. The fourth-order valence-corrected chi connectivity index (χ4v) is 5.60. The minimum atomic E-state index is -1.00. The first-order valence-electron chi connectivity index (χ1n) is 6.54. The van der Waals surface area contributed by atoms with E-state index in [2.05, 4.69) is 26.1 Å². The van der Waals surface area contributed by atoms with Gasteiger partial charge >= 0.3 is 6.09 Å². The number of ether oxygens (including phenoxy) is 1. The molecule has 0 aliphatic carbocycles. The van der Waals surface area contributed by atoms with Crippen molar-refractivity contribution in [2.75, 3.05) is 13.2 Å². The number of hydrogen-bond donors (Lipinski definition) is 1. The Morgan fingerprint density at radius 2 is 1.69 bits per heavy atom. The van der Waals surface area contributed by atoms with Gasteiger partial charge in [0.25, 0.3) is 0 Å². The Morgan fingerprint density at radius 3 is 2.12 bits per heavy atom. The standard InChI is InChI=1S/C12H27NO2Si/c1-5-15-12(14)13-10-9-11-16(6-2,7-3)8-4/h5-11H2,1-4H3,(H,13,14). The average molecular weight is 245 g/mol. The molecule has 0 radical (unpaired) electrons. The Morgan fingerprint density at radius 1 is 1.12 bits per heavy atom. The molecule has 0 aromatic carbocycles. The van der Waals surface area contributed by atoms with Gasteiger partial charge in [0, 0.05) is 6.54 Å². The molecule has 16 heavy (non-hydrogen) atoms. The molecule has 3 nitrogen and oxygen atoms in total. The van der Waals surface area contributed by atoms with Crippen molar-refractivity contribution in [2.45, 2.75) is 58.3 Å². The SMILES string of the molecule is CCOC(=O)NCCC[Si](CC)(CC)CC. The minimum absolute atomic E-state index is 0.278. The molecule has 0 saturated carbocycles. The lowest BCUT2D eigenvalue weighted by Gasteiger charge is -2.27. The predicted molar refractivity (Wildman–Crippen MR) is 71.6 cm³/mol. The first kappa shape index (κ1) is 15.5. The van der Waals surface area contributed by atoms with Crippen molar-refractivity contribution in [3.05, 3.63) is 0 Å². The van der Waals surface area contributed by atoms with Gasteiger partial charge in [0.05, 0.1) is 14.7 Å². The van der Waals surface area contributed by atoms with E-state index in [1.54, 1.807) is 0 Å². The Labute approximate surface area is 101 Å². The number of carbonyl (C=O) groups is 1. The summed E-state index contributed by atoms with van der Waals surface area (Å²) in [7, 11) is -1.00. The molecule has 0 aliphatic heterocycles. The van der Waals surface area contributed by atoms with E-state index in [-0.39, 0.29) is 6.09 Å².